The molecule has 1 atom stereocenters. The second-order valence-electron chi connectivity index (χ2n) is 9.40. The van der Waals surface area contributed by atoms with Crippen LogP contribution in [0.4, 0.5) is 0 Å². The number of hydrogen-bond acceptors (Lipinski definition) is 3. The Hall–Kier alpha value is -0.120. The van der Waals surface area contributed by atoms with Crippen LogP contribution in [0.2, 0.25) is 0 Å². The maximum absolute atomic E-state index is 9.71. The van der Waals surface area contributed by atoms with Crippen molar-refractivity contribution < 1.29 is 5.11 Å². The van der Waals surface area contributed by atoms with Gasteiger partial charge in [0.25, 0.3) is 0 Å². The van der Waals surface area contributed by atoms with E-state index in [2.05, 4.69) is 25.7 Å². The zero-order valence-corrected chi connectivity index (χ0v) is 21.8. The smallest absolute Gasteiger partial charge is 0.0743 e. The Kier molecular flexibility index (Phi) is 26.9. The van der Waals surface area contributed by atoms with Crippen molar-refractivity contribution in [1.29, 1.82) is 0 Å². The van der Waals surface area contributed by atoms with Crippen LogP contribution >= 0.6 is 0 Å². The van der Waals surface area contributed by atoms with E-state index in [0.717, 1.165) is 32.6 Å². The molecule has 0 spiro atoms. The molecule has 0 aromatic heterocycles. The Morgan fingerprint density at radius 2 is 0.933 bits per heavy atom. The Morgan fingerprint density at radius 3 is 1.20 bits per heavy atom. The quantitative estimate of drug-likeness (QED) is 0.184. The summed E-state index contributed by atoms with van der Waals surface area (Å²) in [5, 5.41) is 9.71. The molecule has 0 aliphatic carbocycles. The van der Waals surface area contributed by atoms with E-state index in [0.29, 0.717) is 0 Å². The average Bonchev–Trinajstić information content (AvgIpc) is 2.75. The normalized spacial score (nSPS) is 13.2. The SMILES string of the molecule is CCCCCCCCCCCCCCCCCCN.CCN(CC)CC(C)(O)CC. The van der Waals surface area contributed by atoms with E-state index in [-0.39, 0.29) is 0 Å². The lowest BCUT2D eigenvalue weighted by Gasteiger charge is -2.28. The van der Waals surface area contributed by atoms with Crippen molar-refractivity contribution in [2.24, 2.45) is 5.73 Å². The predicted octanol–water partition coefficient (Wildman–Crippen LogP) is 7.70. The third-order valence-electron chi connectivity index (χ3n) is 6.28. The van der Waals surface area contributed by atoms with Crippen LogP contribution in [0.5, 0.6) is 0 Å². The standard InChI is InChI=1S/C18H39N.C9H21NO/c1-2-3-4-5-6-7-8-9-10-11-12-13-14-15-16-17-18-19;1-5-9(4,11)8-10(6-2)7-3/h2-19H2,1H3;11H,5-8H2,1-4H3. The first kappa shape index (κ1) is 32.1. The molecular weight excluding hydrogens is 368 g/mol. The second kappa shape index (κ2) is 25.1. The summed E-state index contributed by atoms with van der Waals surface area (Å²) in [5.74, 6) is 0. The molecule has 3 N–H and O–H groups in total. The molecule has 0 aliphatic heterocycles. The fourth-order valence-electron chi connectivity index (χ4n) is 3.73. The van der Waals surface area contributed by atoms with E-state index in [1.807, 2.05) is 13.8 Å². The highest BCUT2D eigenvalue weighted by Crippen LogP contribution is 2.13. The molecule has 0 saturated carbocycles. The van der Waals surface area contributed by atoms with Crippen LogP contribution in [0.25, 0.3) is 0 Å². The highest BCUT2D eigenvalue weighted by molar-refractivity contribution is 4.74. The third kappa shape index (κ3) is 25.9. The lowest BCUT2D eigenvalue weighted by molar-refractivity contribution is 0.0193. The Balaban J connectivity index is 0. The molecular formula is C27H60N2O. The van der Waals surface area contributed by atoms with Gasteiger partial charge >= 0.3 is 0 Å². The van der Waals surface area contributed by atoms with Gasteiger partial charge in [-0.1, -0.05) is 124 Å². The Morgan fingerprint density at radius 1 is 0.600 bits per heavy atom. The van der Waals surface area contributed by atoms with Gasteiger partial charge in [-0.15, -0.1) is 0 Å². The van der Waals surface area contributed by atoms with Gasteiger partial charge in [-0.25, -0.2) is 0 Å². The summed E-state index contributed by atoms with van der Waals surface area (Å²) in [4.78, 5) is 2.24. The fraction of sp³-hybridized carbons (Fsp3) is 1.00. The molecule has 184 valence electrons. The van der Waals surface area contributed by atoms with Crippen molar-refractivity contribution in [3.05, 3.63) is 0 Å². The molecule has 0 saturated heterocycles. The molecule has 0 fully saturated rings. The van der Waals surface area contributed by atoms with E-state index in [9.17, 15) is 5.11 Å². The highest BCUT2D eigenvalue weighted by Gasteiger charge is 2.19. The largest absolute Gasteiger partial charge is 0.389 e. The summed E-state index contributed by atoms with van der Waals surface area (Å²) in [6, 6.07) is 0. The molecule has 0 bridgehead atoms. The zero-order chi connectivity index (χ0) is 22.9. The fourth-order valence-corrected chi connectivity index (χ4v) is 3.73. The third-order valence-corrected chi connectivity index (χ3v) is 6.28. The van der Waals surface area contributed by atoms with Crippen LogP contribution in [-0.2, 0) is 0 Å². The van der Waals surface area contributed by atoms with Crippen molar-refractivity contribution in [1.82, 2.24) is 4.90 Å². The molecule has 3 nitrogen and oxygen atoms in total. The van der Waals surface area contributed by atoms with E-state index in [1.54, 1.807) is 0 Å². The summed E-state index contributed by atoms with van der Waals surface area (Å²) in [6.45, 7) is 14.1. The van der Waals surface area contributed by atoms with Gasteiger partial charge < -0.3 is 15.7 Å². The van der Waals surface area contributed by atoms with Crippen molar-refractivity contribution in [2.75, 3.05) is 26.2 Å². The van der Waals surface area contributed by atoms with Gasteiger partial charge in [-0.3, -0.25) is 0 Å². The van der Waals surface area contributed by atoms with E-state index in [1.165, 1.54) is 103 Å². The zero-order valence-electron chi connectivity index (χ0n) is 21.8. The van der Waals surface area contributed by atoms with Gasteiger partial charge in [-0.2, -0.15) is 0 Å². The molecule has 0 amide bonds. The minimum absolute atomic E-state index is 0.508. The first-order chi connectivity index (χ1) is 14.5. The van der Waals surface area contributed by atoms with Gasteiger partial charge in [0.15, 0.2) is 0 Å². The number of rotatable bonds is 21. The summed E-state index contributed by atoms with van der Waals surface area (Å²) in [5.41, 5.74) is 4.97. The molecule has 0 heterocycles. The highest BCUT2D eigenvalue weighted by atomic mass is 16.3. The lowest BCUT2D eigenvalue weighted by Crippen LogP contribution is -2.40. The van der Waals surface area contributed by atoms with Crippen molar-refractivity contribution in [3.63, 3.8) is 0 Å². The Bertz CT molecular complexity index is 287. The van der Waals surface area contributed by atoms with Crippen LogP contribution in [-0.4, -0.2) is 41.8 Å². The molecule has 0 radical (unpaired) electrons. The van der Waals surface area contributed by atoms with Gasteiger partial charge in [0.05, 0.1) is 5.60 Å². The molecule has 0 aromatic carbocycles. The van der Waals surface area contributed by atoms with Gasteiger partial charge in [0.2, 0.25) is 0 Å². The molecule has 1 unspecified atom stereocenters. The van der Waals surface area contributed by atoms with Crippen LogP contribution in [0, 0.1) is 0 Å². The predicted molar refractivity (Wildman–Crippen MR) is 137 cm³/mol. The number of unbranched alkanes of at least 4 members (excludes halogenated alkanes) is 15. The number of aliphatic hydroxyl groups is 1. The average molecular weight is 429 g/mol. The number of nitrogens with two attached hydrogens (primary N) is 1. The maximum Gasteiger partial charge on any atom is 0.0743 e. The number of likely N-dealkylation sites (N-methyl/N-ethyl adjacent to an activating group) is 1. The summed E-state index contributed by atoms with van der Waals surface area (Å²) < 4.78 is 0. The van der Waals surface area contributed by atoms with Crippen LogP contribution < -0.4 is 5.73 Å². The Labute approximate surface area is 191 Å². The van der Waals surface area contributed by atoms with Crippen molar-refractivity contribution in [2.45, 2.75) is 149 Å². The molecule has 3 heteroatoms. The van der Waals surface area contributed by atoms with Crippen LogP contribution in [0.3, 0.4) is 0 Å². The number of nitrogens with zero attached hydrogens (tertiary/aromatic N) is 1. The molecule has 0 aliphatic rings. The summed E-state index contributed by atoms with van der Waals surface area (Å²) in [6.07, 6.45) is 23.7. The van der Waals surface area contributed by atoms with Crippen molar-refractivity contribution >= 4 is 0 Å². The summed E-state index contributed by atoms with van der Waals surface area (Å²) in [7, 11) is 0. The molecule has 0 aromatic rings. The van der Waals surface area contributed by atoms with Crippen LogP contribution in [0.1, 0.15) is 144 Å². The van der Waals surface area contributed by atoms with Gasteiger partial charge in [0.1, 0.15) is 0 Å². The van der Waals surface area contributed by atoms with Crippen LogP contribution in [0.15, 0.2) is 0 Å². The first-order valence-corrected chi connectivity index (χ1v) is 13.6. The second-order valence-corrected chi connectivity index (χ2v) is 9.40. The van der Waals surface area contributed by atoms with E-state index in [4.69, 9.17) is 5.73 Å². The molecule has 30 heavy (non-hydrogen) atoms. The topological polar surface area (TPSA) is 49.5 Å². The minimum Gasteiger partial charge on any atom is -0.389 e. The monoisotopic (exact) mass is 428 g/mol. The first-order valence-electron chi connectivity index (χ1n) is 13.6. The maximum atomic E-state index is 9.71. The molecule has 0 rings (SSSR count). The van der Waals surface area contributed by atoms with Gasteiger partial charge in [-0.05, 0) is 39.4 Å². The number of hydrogen-bond donors (Lipinski definition) is 2. The van der Waals surface area contributed by atoms with Crippen molar-refractivity contribution in [3.8, 4) is 0 Å². The lowest BCUT2D eigenvalue weighted by atomic mass is 10.0. The summed E-state index contributed by atoms with van der Waals surface area (Å²) >= 11 is 0. The van der Waals surface area contributed by atoms with E-state index >= 15 is 0 Å². The minimum atomic E-state index is -0.508. The van der Waals surface area contributed by atoms with Gasteiger partial charge in [0, 0.05) is 6.54 Å². The van der Waals surface area contributed by atoms with E-state index < -0.39 is 5.60 Å².